The highest BCUT2D eigenvalue weighted by Crippen LogP contribution is 2.29. The minimum absolute atomic E-state index is 0.238. The van der Waals surface area contributed by atoms with Crippen LogP contribution in [-0.2, 0) is 22.3 Å². The number of alkyl halides is 3. The predicted octanol–water partition coefficient (Wildman–Crippen LogP) is 3.53. The highest BCUT2D eigenvalue weighted by atomic mass is 35.5. The summed E-state index contributed by atoms with van der Waals surface area (Å²) in [6, 6.07) is 8.84. The quantitative estimate of drug-likeness (QED) is 0.418. The van der Waals surface area contributed by atoms with Crippen LogP contribution in [0.25, 0.3) is 0 Å². The number of ketones is 1. The van der Waals surface area contributed by atoms with Crippen LogP contribution in [0.1, 0.15) is 21.5 Å². The maximum atomic E-state index is 12.8. The third-order valence-corrected chi connectivity index (χ3v) is 4.41. The number of imide groups is 2. The lowest BCUT2D eigenvalue weighted by Gasteiger charge is -2.15. The Hall–Kier alpha value is -3.20. The fourth-order valence-electron chi connectivity index (χ4n) is 2.75. The monoisotopic (exact) mass is 424 g/mol. The molecule has 10 heteroatoms. The molecule has 6 nitrogen and oxygen atoms in total. The molecule has 0 atom stereocenters. The van der Waals surface area contributed by atoms with Crippen LogP contribution >= 0.6 is 11.6 Å². The zero-order valence-electron chi connectivity index (χ0n) is 14.6. The van der Waals surface area contributed by atoms with Gasteiger partial charge in [0.05, 0.1) is 18.7 Å². The van der Waals surface area contributed by atoms with Crippen LogP contribution in [0.2, 0.25) is 5.02 Å². The standard InChI is InChI=1S/C19H12ClF3N2O4/c20-14-6-1-3-11(7-14)9-24-16(27)17(28)25(18(24)29)10-15(26)12-4-2-5-13(8-12)19(21,22)23/h1-8H,9-10H2. The zero-order chi connectivity index (χ0) is 21.3. The van der Waals surface area contributed by atoms with Gasteiger partial charge in [-0.1, -0.05) is 35.9 Å². The summed E-state index contributed by atoms with van der Waals surface area (Å²) < 4.78 is 38.4. The Morgan fingerprint density at radius 1 is 0.931 bits per heavy atom. The van der Waals surface area contributed by atoms with Gasteiger partial charge in [-0.15, -0.1) is 0 Å². The average Bonchev–Trinajstić information content (AvgIpc) is 2.85. The number of amides is 4. The van der Waals surface area contributed by atoms with Crippen LogP contribution in [0.5, 0.6) is 0 Å². The van der Waals surface area contributed by atoms with Gasteiger partial charge in [0.2, 0.25) is 0 Å². The topological polar surface area (TPSA) is 74.8 Å². The first-order valence-corrected chi connectivity index (χ1v) is 8.58. The van der Waals surface area contributed by atoms with E-state index < -0.39 is 41.9 Å². The first-order chi connectivity index (χ1) is 13.6. The second-order valence-corrected chi connectivity index (χ2v) is 6.63. The van der Waals surface area contributed by atoms with Crippen molar-refractivity contribution in [3.8, 4) is 0 Å². The van der Waals surface area contributed by atoms with E-state index in [1.165, 1.54) is 6.07 Å². The van der Waals surface area contributed by atoms with Crippen molar-refractivity contribution in [1.29, 1.82) is 0 Å². The van der Waals surface area contributed by atoms with Crippen LogP contribution in [0, 0.1) is 0 Å². The molecule has 4 amide bonds. The van der Waals surface area contributed by atoms with Crippen LogP contribution in [0.3, 0.4) is 0 Å². The van der Waals surface area contributed by atoms with Gasteiger partial charge in [0.15, 0.2) is 5.78 Å². The minimum atomic E-state index is -4.65. The van der Waals surface area contributed by atoms with Crippen molar-refractivity contribution in [3.05, 3.63) is 70.2 Å². The fourth-order valence-corrected chi connectivity index (χ4v) is 2.96. The molecule has 29 heavy (non-hydrogen) atoms. The first kappa shape index (κ1) is 20.5. The first-order valence-electron chi connectivity index (χ1n) is 8.20. The summed E-state index contributed by atoms with van der Waals surface area (Å²) in [4.78, 5) is 50.1. The molecule has 1 heterocycles. The Morgan fingerprint density at radius 3 is 2.24 bits per heavy atom. The van der Waals surface area contributed by atoms with Gasteiger partial charge in [0, 0.05) is 10.6 Å². The summed E-state index contributed by atoms with van der Waals surface area (Å²) in [5.74, 6) is -3.26. The number of rotatable bonds is 5. The normalized spacial score (nSPS) is 14.7. The van der Waals surface area contributed by atoms with Crippen molar-refractivity contribution in [2.75, 3.05) is 6.54 Å². The van der Waals surface area contributed by atoms with E-state index in [0.717, 1.165) is 18.2 Å². The van der Waals surface area contributed by atoms with Gasteiger partial charge in [-0.3, -0.25) is 19.3 Å². The second-order valence-electron chi connectivity index (χ2n) is 6.20. The summed E-state index contributed by atoms with van der Waals surface area (Å²) in [6.45, 7) is -1.09. The molecule has 1 saturated heterocycles. The van der Waals surface area contributed by atoms with Crippen molar-refractivity contribution in [3.63, 3.8) is 0 Å². The Kier molecular flexibility index (Phi) is 5.43. The van der Waals surface area contributed by atoms with Crippen LogP contribution in [0.4, 0.5) is 18.0 Å². The van der Waals surface area contributed by atoms with E-state index in [0.29, 0.717) is 26.5 Å². The largest absolute Gasteiger partial charge is 0.416 e. The number of Topliss-reactive ketones (excluding diaryl/α,β-unsaturated/α-hetero) is 1. The zero-order valence-corrected chi connectivity index (χ0v) is 15.3. The molecule has 1 aliphatic rings. The van der Waals surface area contributed by atoms with E-state index in [2.05, 4.69) is 0 Å². The van der Waals surface area contributed by atoms with Gasteiger partial charge in [0.25, 0.3) is 0 Å². The summed E-state index contributed by atoms with van der Waals surface area (Å²) in [6.07, 6.45) is -4.65. The molecule has 150 valence electrons. The molecular formula is C19H12ClF3N2O4. The van der Waals surface area contributed by atoms with Crippen molar-refractivity contribution in [2.24, 2.45) is 0 Å². The van der Waals surface area contributed by atoms with Gasteiger partial charge in [-0.25, -0.2) is 9.69 Å². The van der Waals surface area contributed by atoms with E-state index >= 15 is 0 Å². The Bertz CT molecular complexity index is 1020. The molecule has 0 N–H and O–H groups in total. The van der Waals surface area contributed by atoms with Gasteiger partial charge in [-0.2, -0.15) is 13.2 Å². The van der Waals surface area contributed by atoms with E-state index in [1.54, 1.807) is 18.2 Å². The number of nitrogens with zero attached hydrogens (tertiary/aromatic N) is 2. The molecule has 0 radical (unpaired) electrons. The lowest BCUT2D eigenvalue weighted by Crippen LogP contribution is -2.36. The number of halogens is 4. The molecule has 0 saturated carbocycles. The highest BCUT2D eigenvalue weighted by Gasteiger charge is 2.45. The predicted molar refractivity (Wildman–Crippen MR) is 94.9 cm³/mol. The van der Waals surface area contributed by atoms with Crippen LogP contribution in [-0.4, -0.2) is 40.0 Å². The summed E-state index contributed by atoms with van der Waals surface area (Å²) in [5.41, 5.74) is -0.889. The summed E-state index contributed by atoms with van der Waals surface area (Å²) >= 11 is 5.85. The molecule has 0 bridgehead atoms. The fraction of sp³-hybridized carbons (Fsp3) is 0.158. The third kappa shape index (κ3) is 4.29. The van der Waals surface area contributed by atoms with Gasteiger partial charge >= 0.3 is 24.0 Å². The Labute approximate surface area is 167 Å². The molecule has 2 aromatic carbocycles. The van der Waals surface area contributed by atoms with Crippen LogP contribution in [0.15, 0.2) is 48.5 Å². The van der Waals surface area contributed by atoms with Crippen molar-refractivity contribution < 1.29 is 32.3 Å². The number of hydrogen-bond acceptors (Lipinski definition) is 4. The van der Waals surface area contributed by atoms with E-state index in [1.807, 2.05) is 0 Å². The number of benzene rings is 2. The molecular weight excluding hydrogens is 413 g/mol. The average molecular weight is 425 g/mol. The molecule has 2 aromatic rings. The number of carbonyl (C=O) groups excluding carboxylic acids is 4. The highest BCUT2D eigenvalue weighted by molar-refractivity contribution is 6.45. The molecule has 3 rings (SSSR count). The molecule has 0 aliphatic carbocycles. The maximum absolute atomic E-state index is 12.8. The van der Waals surface area contributed by atoms with E-state index in [-0.39, 0.29) is 12.1 Å². The van der Waals surface area contributed by atoms with Gasteiger partial charge < -0.3 is 0 Å². The van der Waals surface area contributed by atoms with Crippen LogP contribution < -0.4 is 0 Å². The van der Waals surface area contributed by atoms with Gasteiger partial charge in [0.1, 0.15) is 0 Å². The van der Waals surface area contributed by atoms with Crippen molar-refractivity contribution in [1.82, 2.24) is 9.80 Å². The Balaban J connectivity index is 1.77. The van der Waals surface area contributed by atoms with E-state index in [4.69, 9.17) is 11.6 Å². The Morgan fingerprint density at radius 2 is 1.59 bits per heavy atom. The molecule has 1 fully saturated rings. The second kappa shape index (κ2) is 7.67. The van der Waals surface area contributed by atoms with E-state index in [9.17, 15) is 32.3 Å². The van der Waals surface area contributed by atoms with Gasteiger partial charge in [-0.05, 0) is 29.8 Å². The maximum Gasteiger partial charge on any atom is 0.416 e. The molecule has 0 unspecified atom stereocenters. The third-order valence-electron chi connectivity index (χ3n) is 4.18. The molecule has 0 spiro atoms. The number of carbonyl (C=O) groups is 4. The minimum Gasteiger partial charge on any atom is -0.292 e. The lowest BCUT2D eigenvalue weighted by atomic mass is 10.1. The SMILES string of the molecule is O=C(CN1C(=O)C(=O)N(Cc2cccc(Cl)c2)C1=O)c1cccc(C(F)(F)F)c1. The van der Waals surface area contributed by atoms with Crippen molar-refractivity contribution >= 4 is 35.2 Å². The summed E-state index contributed by atoms with van der Waals surface area (Å²) in [7, 11) is 0. The lowest BCUT2D eigenvalue weighted by molar-refractivity contribution is -0.143. The molecule has 1 aliphatic heterocycles. The van der Waals surface area contributed by atoms with Crippen molar-refractivity contribution in [2.45, 2.75) is 12.7 Å². The smallest absolute Gasteiger partial charge is 0.292 e. The number of hydrogen-bond donors (Lipinski definition) is 0. The number of urea groups is 1. The molecule has 0 aromatic heterocycles. The summed E-state index contributed by atoms with van der Waals surface area (Å²) in [5, 5.41) is 0.365.